The van der Waals surface area contributed by atoms with Crippen molar-refractivity contribution in [3.05, 3.63) is 194 Å². The molecule has 0 aliphatic heterocycles. The lowest BCUT2D eigenvalue weighted by Gasteiger charge is -2.18. The van der Waals surface area contributed by atoms with Gasteiger partial charge in [-0.3, -0.25) is 0 Å². The largest absolute Gasteiger partial charge is 0.231 e. The van der Waals surface area contributed by atoms with E-state index in [2.05, 4.69) is 199 Å². The van der Waals surface area contributed by atoms with Gasteiger partial charge in [-0.1, -0.05) is 188 Å². The van der Waals surface area contributed by atoms with E-state index in [1.165, 1.54) is 49.0 Å². The summed E-state index contributed by atoms with van der Waals surface area (Å²) in [7, 11) is 0. The van der Waals surface area contributed by atoms with Crippen LogP contribution in [0.2, 0.25) is 0 Å². The molecule has 51 heavy (non-hydrogen) atoms. The Bertz CT molecular complexity index is 2870. The molecule has 2 nitrogen and oxygen atoms in total. The van der Waals surface area contributed by atoms with Crippen LogP contribution in [0.1, 0.15) is 0 Å². The molecule has 0 radical (unpaired) electrons. The Morgan fingerprint density at radius 2 is 0.824 bits per heavy atom. The van der Waals surface area contributed by atoms with E-state index in [0.717, 1.165) is 44.7 Å². The molecular weight excluding hydrogens is 617 g/mol. The van der Waals surface area contributed by atoms with Crippen LogP contribution in [0, 0.1) is 0 Å². The molecule has 2 heteroatoms. The van der Waals surface area contributed by atoms with Crippen LogP contribution in [0.25, 0.3) is 93.7 Å². The number of fused-ring (bicyclic) bond motifs is 6. The molecule has 10 rings (SSSR count). The number of nitrogens with zero attached hydrogens (tertiary/aromatic N) is 2. The van der Waals surface area contributed by atoms with Gasteiger partial charge in [-0.25, -0.2) is 4.52 Å². The molecule has 2 aromatic heterocycles. The van der Waals surface area contributed by atoms with Crippen LogP contribution in [0.5, 0.6) is 0 Å². The van der Waals surface area contributed by atoms with Gasteiger partial charge in [-0.05, 0) is 55.3 Å². The predicted octanol–water partition coefficient (Wildman–Crippen LogP) is 13.1. The highest BCUT2D eigenvalue weighted by Gasteiger charge is 2.25. The first-order chi connectivity index (χ1) is 25.3. The summed E-state index contributed by atoms with van der Waals surface area (Å²) in [5.74, 6) is 0. The molecule has 8 aromatic carbocycles. The maximum absolute atomic E-state index is 5.52. The van der Waals surface area contributed by atoms with E-state index in [0.29, 0.717) is 0 Å². The molecule has 0 aliphatic carbocycles. The molecule has 238 valence electrons. The van der Waals surface area contributed by atoms with Crippen LogP contribution in [-0.4, -0.2) is 9.61 Å². The zero-order valence-corrected chi connectivity index (χ0v) is 27.9. The van der Waals surface area contributed by atoms with Crippen molar-refractivity contribution >= 4 is 37.8 Å². The third kappa shape index (κ3) is 4.76. The number of hydrogen-bond acceptors (Lipinski definition) is 1. The third-order valence-electron chi connectivity index (χ3n) is 10.2. The zero-order valence-electron chi connectivity index (χ0n) is 27.9. The van der Waals surface area contributed by atoms with Gasteiger partial charge < -0.3 is 0 Å². The Balaban J connectivity index is 1.28. The third-order valence-corrected chi connectivity index (χ3v) is 10.2. The van der Waals surface area contributed by atoms with Gasteiger partial charge in [0.15, 0.2) is 0 Å². The standard InChI is InChI=1S/C49H32N2/c1-4-16-34(17-5-1)46-47(36-18-6-2-7-19-36)50-51-48(37-20-8-3-9-21-37)45(42-26-14-15-27-43(42)49(46)51)35-30-28-33(29-31-35)44-32-38-22-10-11-23-39(38)40-24-12-13-25-41(40)44/h1-32H. The summed E-state index contributed by atoms with van der Waals surface area (Å²) >= 11 is 0. The fourth-order valence-corrected chi connectivity index (χ4v) is 7.91. The van der Waals surface area contributed by atoms with E-state index < -0.39 is 0 Å². The summed E-state index contributed by atoms with van der Waals surface area (Å²) in [6.45, 7) is 0. The minimum Gasteiger partial charge on any atom is -0.231 e. The number of aromatic nitrogens is 2. The van der Waals surface area contributed by atoms with Crippen LogP contribution in [0.3, 0.4) is 0 Å². The maximum atomic E-state index is 5.52. The van der Waals surface area contributed by atoms with Gasteiger partial charge >= 0.3 is 0 Å². The summed E-state index contributed by atoms with van der Waals surface area (Å²) in [4.78, 5) is 0. The van der Waals surface area contributed by atoms with Crippen LogP contribution < -0.4 is 0 Å². The van der Waals surface area contributed by atoms with Crippen molar-refractivity contribution in [2.45, 2.75) is 0 Å². The van der Waals surface area contributed by atoms with E-state index in [1.54, 1.807) is 0 Å². The van der Waals surface area contributed by atoms with Gasteiger partial charge in [-0.15, -0.1) is 0 Å². The fourth-order valence-electron chi connectivity index (χ4n) is 7.91. The number of hydrogen-bond donors (Lipinski definition) is 0. The molecule has 0 atom stereocenters. The van der Waals surface area contributed by atoms with Gasteiger partial charge in [0.1, 0.15) is 5.69 Å². The first-order valence-corrected chi connectivity index (χ1v) is 17.5. The minimum absolute atomic E-state index is 0.972. The summed E-state index contributed by atoms with van der Waals surface area (Å²) in [6, 6.07) is 69.7. The van der Waals surface area contributed by atoms with E-state index in [9.17, 15) is 0 Å². The van der Waals surface area contributed by atoms with Crippen molar-refractivity contribution in [3.63, 3.8) is 0 Å². The first kappa shape index (κ1) is 29.2. The Labute approximate surface area is 296 Å². The summed E-state index contributed by atoms with van der Waals surface area (Å²) < 4.78 is 2.21. The lowest BCUT2D eigenvalue weighted by molar-refractivity contribution is 0.981. The molecule has 0 aliphatic rings. The van der Waals surface area contributed by atoms with E-state index in [4.69, 9.17) is 5.10 Å². The van der Waals surface area contributed by atoms with Crippen molar-refractivity contribution in [3.8, 4) is 55.9 Å². The highest BCUT2D eigenvalue weighted by Crippen LogP contribution is 2.46. The average Bonchev–Trinajstić information content (AvgIpc) is 3.62. The van der Waals surface area contributed by atoms with Gasteiger partial charge in [0, 0.05) is 27.6 Å². The summed E-state index contributed by atoms with van der Waals surface area (Å²) in [5.41, 5.74) is 12.4. The topological polar surface area (TPSA) is 17.3 Å². The Kier molecular flexibility index (Phi) is 6.85. The molecule has 0 amide bonds. The van der Waals surface area contributed by atoms with Crippen molar-refractivity contribution < 1.29 is 0 Å². The number of benzene rings is 8. The quantitative estimate of drug-likeness (QED) is 0.170. The average molecular weight is 649 g/mol. The second-order valence-corrected chi connectivity index (χ2v) is 13.1. The summed E-state index contributed by atoms with van der Waals surface area (Å²) in [6.07, 6.45) is 0. The van der Waals surface area contributed by atoms with E-state index in [-0.39, 0.29) is 0 Å². The van der Waals surface area contributed by atoms with Gasteiger partial charge in [0.2, 0.25) is 0 Å². The Morgan fingerprint density at radius 3 is 1.51 bits per heavy atom. The lowest BCUT2D eigenvalue weighted by atomic mass is 9.89. The molecule has 0 fully saturated rings. The van der Waals surface area contributed by atoms with Gasteiger partial charge in [0.05, 0.1) is 11.2 Å². The second-order valence-electron chi connectivity index (χ2n) is 13.1. The molecule has 0 saturated heterocycles. The van der Waals surface area contributed by atoms with Crippen molar-refractivity contribution in [1.29, 1.82) is 0 Å². The van der Waals surface area contributed by atoms with Crippen LogP contribution >= 0.6 is 0 Å². The molecule has 0 spiro atoms. The fraction of sp³-hybridized carbons (Fsp3) is 0. The monoisotopic (exact) mass is 648 g/mol. The van der Waals surface area contributed by atoms with E-state index in [1.807, 2.05) is 0 Å². The molecule has 0 bridgehead atoms. The van der Waals surface area contributed by atoms with Crippen LogP contribution in [0.4, 0.5) is 0 Å². The first-order valence-electron chi connectivity index (χ1n) is 17.5. The van der Waals surface area contributed by atoms with Gasteiger partial charge in [-0.2, -0.15) is 5.10 Å². The van der Waals surface area contributed by atoms with Crippen molar-refractivity contribution in [2.75, 3.05) is 0 Å². The highest BCUT2D eigenvalue weighted by atomic mass is 15.2. The number of rotatable bonds is 5. The molecule has 0 saturated carbocycles. The van der Waals surface area contributed by atoms with Gasteiger partial charge in [0.25, 0.3) is 0 Å². The lowest BCUT2D eigenvalue weighted by Crippen LogP contribution is -2.00. The normalized spacial score (nSPS) is 11.5. The molecule has 2 heterocycles. The SMILES string of the molecule is c1ccc(-c2nn3c(-c4ccccc4)c(-c4ccc(-c5cc6ccccc6c6ccccc56)cc4)c4ccccc4c3c2-c2ccccc2)cc1. The number of pyridine rings is 1. The Morgan fingerprint density at radius 1 is 0.333 bits per heavy atom. The predicted molar refractivity (Wildman–Crippen MR) is 215 cm³/mol. The van der Waals surface area contributed by atoms with Crippen LogP contribution in [0.15, 0.2) is 194 Å². The maximum Gasteiger partial charge on any atom is 0.101 e. The summed E-state index contributed by atoms with van der Waals surface area (Å²) in [5, 5.41) is 13.0. The molecular formula is C49H32N2. The zero-order chi connectivity index (χ0) is 33.7. The van der Waals surface area contributed by atoms with E-state index >= 15 is 0 Å². The minimum atomic E-state index is 0.972. The highest BCUT2D eigenvalue weighted by molar-refractivity contribution is 6.16. The molecule has 10 aromatic rings. The van der Waals surface area contributed by atoms with Crippen LogP contribution in [-0.2, 0) is 0 Å². The van der Waals surface area contributed by atoms with Crippen molar-refractivity contribution in [1.82, 2.24) is 9.61 Å². The second kappa shape index (κ2) is 12.0. The van der Waals surface area contributed by atoms with Crippen molar-refractivity contribution in [2.24, 2.45) is 0 Å². The Hall–Kier alpha value is -6.77. The smallest absolute Gasteiger partial charge is 0.101 e. The molecule has 0 unspecified atom stereocenters. The molecule has 0 N–H and O–H groups in total.